The number of carbonyl (C=O) groups excluding carboxylic acids is 1. The van der Waals surface area contributed by atoms with Gasteiger partial charge in [-0.2, -0.15) is 0 Å². The van der Waals surface area contributed by atoms with Gasteiger partial charge in [-0.05, 0) is 70.8 Å². The Morgan fingerprint density at radius 1 is 0.489 bits per heavy atom. The zero-order valence-corrected chi connectivity index (χ0v) is 25.2. The molecule has 0 radical (unpaired) electrons. The molecule has 0 saturated carbocycles. The first-order valence-electron chi connectivity index (χ1n) is 15.5. The van der Waals surface area contributed by atoms with Crippen LogP contribution in [0.3, 0.4) is 0 Å². The topological polar surface area (TPSA) is 26.9 Å². The summed E-state index contributed by atoms with van der Waals surface area (Å²) in [5, 5.41) is 3.54. The second-order valence-electron chi connectivity index (χ2n) is 12.6. The van der Waals surface area contributed by atoms with Crippen molar-refractivity contribution in [3.63, 3.8) is 0 Å². The van der Waals surface area contributed by atoms with Crippen LogP contribution in [0.2, 0.25) is 0 Å². The van der Waals surface area contributed by atoms with Gasteiger partial charge in [-0.3, -0.25) is 9.36 Å². The predicted octanol–water partition coefficient (Wildman–Crippen LogP) is 10.4. The second-order valence-corrected chi connectivity index (χ2v) is 12.6. The molecule has 3 heteroatoms. The van der Waals surface area contributed by atoms with Crippen LogP contribution in [0.15, 0.2) is 146 Å². The second kappa shape index (κ2) is 9.41. The molecule has 8 aromatic rings. The van der Waals surface area contributed by atoms with Crippen molar-refractivity contribution >= 4 is 38.6 Å². The van der Waals surface area contributed by atoms with Gasteiger partial charge < -0.3 is 4.57 Å². The molecule has 2 aromatic heterocycles. The molecule has 0 bridgehead atoms. The Kier molecular flexibility index (Phi) is 5.40. The molecule has 0 atom stereocenters. The Labute approximate surface area is 261 Å². The lowest BCUT2D eigenvalue weighted by Crippen LogP contribution is -2.34. The highest BCUT2D eigenvalue weighted by molar-refractivity contribution is 6.13. The van der Waals surface area contributed by atoms with Gasteiger partial charge in [0.25, 0.3) is 5.91 Å². The van der Waals surface area contributed by atoms with E-state index in [9.17, 15) is 4.79 Å². The maximum absolute atomic E-state index is 14.2. The maximum atomic E-state index is 14.2. The van der Waals surface area contributed by atoms with E-state index in [4.69, 9.17) is 0 Å². The van der Waals surface area contributed by atoms with Crippen LogP contribution in [-0.4, -0.2) is 15.0 Å². The fraction of sp³-hybridized carbons (Fsp3) is 0.0714. The molecule has 3 nitrogen and oxygen atoms in total. The summed E-state index contributed by atoms with van der Waals surface area (Å²) >= 11 is 0. The number of benzene rings is 6. The molecule has 0 amide bonds. The van der Waals surface area contributed by atoms with Crippen LogP contribution in [0.25, 0.3) is 60.6 Å². The Morgan fingerprint density at radius 2 is 1.07 bits per heavy atom. The fourth-order valence-corrected chi connectivity index (χ4v) is 7.64. The highest BCUT2D eigenvalue weighted by Crippen LogP contribution is 2.48. The van der Waals surface area contributed by atoms with Gasteiger partial charge >= 0.3 is 0 Å². The molecule has 0 saturated heterocycles. The van der Waals surface area contributed by atoms with E-state index in [1.165, 1.54) is 21.8 Å². The van der Waals surface area contributed by atoms with Crippen molar-refractivity contribution in [3.05, 3.63) is 162 Å². The van der Waals surface area contributed by atoms with Gasteiger partial charge in [0.1, 0.15) is 0 Å². The van der Waals surface area contributed by atoms with Crippen LogP contribution >= 0.6 is 0 Å². The SMILES string of the molecule is CC1(C)c2ccccc2C(=O)n2c1c(-c1ccccc1)c1cc(-c3ccc4c(c3)c3ccccc3n4-c3ccccc3)ccc12. The number of nitrogens with zero attached hydrogens (tertiary/aromatic N) is 2. The third-order valence-electron chi connectivity index (χ3n) is 9.68. The van der Waals surface area contributed by atoms with Crippen LogP contribution in [0, 0.1) is 0 Å². The van der Waals surface area contributed by atoms with Crippen molar-refractivity contribution < 1.29 is 4.79 Å². The van der Waals surface area contributed by atoms with Gasteiger partial charge in [0, 0.05) is 44.1 Å². The first kappa shape index (κ1) is 25.8. The number of rotatable bonds is 3. The van der Waals surface area contributed by atoms with Crippen LogP contribution in [-0.2, 0) is 5.41 Å². The van der Waals surface area contributed by atoms with Crippen LogP contribution in [0.4, 0.5) is 0 Å². The minimum Gasteiger partial charge on any atom is -0.309 e. The van der Waals surface area contributed by atoms with E-state index in [0.717, 1.165) is 55.7 Å². The number of carbonyl (C=O) groups is 1. The van der Waals surface area contributed by atoms with E-state index in [0.29, 0.717) is 0 Å². The maximum Gasteiger partial charge on any atom is 0.262 e. The number of hydrogen-bond donors (Lipinski definition) is 0. The monoisotopic (exact) mass is 578 g/mol. The van der Waals surface area contributed by atoms with E-state index in [2.05, 4.69) is 140 Å². The molecule has 0 unspecified atom stereocenters. The first-order chi connectivity index (χ1) is 22.0. The third kappa shape index (κ3) is 3.61. The van der Waals surface area contributed by atoms with E-state index in [-0.39, 0.29) is 11.3 Å². The van der Waals surface area contributed by atoms with Gasteiger partial charge in [-0.25, -0.2) is 0 Å². The van der Waals surface area contributed by atoms with Crippen LogP contribution in [0.1, 0.15) is 35.5 Å². The summed E-state index contributed by atoms with van der Waals surface area (Å²) in [7, 11) is 0. The van der Waals surface area contributed by atoms with E-state index >= 15 is 0 Å². The largest absolute Gasteiger partial charge is 0.309 e. The van der Waals surface area contributed by atoms with Crippen molar-refractivity contribution in [3.8, 4) is 27.9 Å². The number of fused-ring (bicyclic) bond motifs is 7. The summed E-state index contributed by atoms with van der Waals surface area (Å²) in [6.07, 6.45) is 0. The molecule has 0 fully saturated rings. The highest BCUT2D eigenvalue weighted by atomic mass is 16.2. The zero-order valence-electron chi connectivity index (χ0n) is 25.2. The molecule has 0 aliphatic carbocycles. The molecule has 6 aromatic carbocycles. The molecule has 0 N–H and O–H groups in total. The minimum atomic E-state index is -0.368. The van der Waals surface area contributed by atoms with Crippen molar-refractivity contribution in [1.82, 2.24) is 9.13 Å². The summed E-state index contributed by atoms with van der Waals surface area (Å²) in [4.78, 5) is 14.2. The first-order valence-corrected chi connectivity index (χ1v) is 15.5. The third-order valence-corrected chi connectivity index (χ3v) is 9.68. The molecule has 0 spiro atoms. The highest BCUT2D eigenvalue weighted by Gasteiger charge is 2.41. The zero-order chi connectivity index (χ0) is 30.3. The number of para-hydroxylation sites is 2. The minimum absolute atomic E-state index is 0.0370. The summed E-state index contributed by atoms with van der Waals surface area (Å²) in [6, 6.07) is 51.2. The lowest BCUT2D eigenvalue weighted by atomic mass is 9.74. The molecule has 214 valence electrons. The van der Waals surface area contributed by atoms with Crippen molar-refractivity contribution in [2.45, 2.75) is 19.3 Å². The van der Waals surface area contributed by atoms with Gasteiger partial charge in [0.05, 0.1) is 16.6 Å². The Morgan fingerprint density at radius 3 is 1.82 bits per heavy atom. The van der Waals surface area contributed by atoms with Gasteiger partial charge in [0.2, 0.25) is 0 Å². The van der Waals surface area contributed by atoms with Gasteiger partial charge in [-0.1, -0.05) is 111 Å². The van der Waals surface area contributed by atoms with E-state index < -0.39 is 0 Å². The van der Waals surface area contributed by atoms with Crippen molar-refractivity contribution in [1.29, 1.82) is 0 Å². The average molecular weight is 579 g/mol. The molecule has 1 aliphatic heterocycles. The normalized spacial score (nSPS) is 13.8. The lowest BCUT2D eigenvalue weighted by molar-refractivity contribution is 0.0950. The molecule has 1 aliphatic rings. The molecule has 45 heavy (non-hydrogen) atoms. The molecular formula is C42H30N2O. The van der Waals surface area contributed by atoms with E-state index in [1.807, 2.05) is 28.8 Å². The summed E-state index contributed by atoms with van der Waals surface area (Å²) in [5.41, 5.74) is 11.5. The quantitative estimate of drug-likeness (QED) is 0.205. The molecular weight excluding hydrogens is 548 g/mol. The Balaban J connectivity index is 1.31. The van der Waals surface area contributed by atoms with Crippen molar-refractivity contribution in [2.24, 2.45) is 0 Å². The summed E-state index contributed by atoms with van der Waals surface area (Å²) < 4.78 is 4.32. The van der Waals surface area contributed by atoms with Crippen molar-refractivity contribution in [2.75, 3.05) is 0 Å². The number of aromatic nitrogens is 2. The summed E-state index contributed by atoms with van der Waals surface area (Å²) in [6.45, 7) is 4.49. The molecule has 3 heterocycles. The fourth-order valence-electron chi connectivity index (χ4n) is 7.64. The average Bonchev–Trinajstić information content (AvgIpc) is 3.62. The lowest BCUT2D eigenvalue weighted by Gasteiger charge is -2.34. The van der Waals surface area contributed by atoms with Crippen LogP contribution < -0.4 is 0 Å². The van der Waals surface area contributed by atoms with E-state index in [1.54, 1.807) is 0 Å². The van der Waals surface area contributed by atoms with Crippen LogP contribution in [0.5, 0.6) is 0 Å². The standard InChI is InChI=1S/C42H30N2O/c1-42(2)35-19-11-9-18-32(35)41(45)44-38-24-22-29(26-34(38)39(40(42)44)27-13-5-3-6-14-27)28-21-23-37-33(25-28)31-17-10-12-20-36(31)43(37)30-15-7-4-8-16-30/h3-26H,1-2H3. The number of hydrogen-bond acceptors (Lipinski definition) is 1. The molecule has 9 rings (SSSR count). The van der Waals surface area contributed by atoms with Gasteiger partial charge in [0.15, 0.2) is 0 Å². The predicted molar refractivity (Wildman–Crippen MR) is 185 cm³/mol. The Hall–Kier alpha value is -5.67. The Bertz CT molecular complexity index is 2460. The summed E-state index contributed by atoms with van der Waals surface area (Å²) in [5.74, 6) is 0.0370. The smallest absolute Gasteiger partial charge is 0.262 e. The van der Waals surface area contributed by atoms with Gasteiger partial charge in [-0.15, -0.1) is 0 Å².